The lowest BCUT2D eigenvalue weighted by Crippen LogP contribution is -2.02. The van der Waals surface area contributed by atoms with E-state index < -0.39 is 0 Å². The zero-order valence-corrected chi connectivity index (χ0v) is 10.6. The number of hydrogen-bond acceptors (Lipinski definition) is 6. The van der Waals surface area contributed by atoms with Gasteiger partial charge in [-0.25, -0.2) is 0 Å². The van der Waals surface area contributed by atoms with E-state index in [9.17, 15) is 0 Å². The lowest BCUT2D eigenvalue weighted by Gasteiger charge is -2.10. The molecule has 90 valence electrons. The molecule has 0 N–H and O–H groups in total. The van der Waals surface area contributed by atoms with Gasteiger partial charge in [0.25, 0.3) is 0 Å². The number of tetrazole rings is 1. The highest BCUT2D eigenvalue weighted by molar-refractivity contribution is 7.98. The van der Waals surface area contributed by atoms with Crippen LogP contribution in [-0.4, -0.2) is 40.7 Å². The van der Waals surface area contributed by atoms with Crippen molar-refractivity contribution in [2.75, 3.05) is 20.5 Å². The van der Waals surface area contributed by atoms with E-state index in [2.05, 4.69) is 15.5 Å². The van der Waals surface area contributed by atoms with Crippen molar-refractivity contribution < 1.29 is 9.47 Å². The summed E-state index contributed by atoms with van der Waals surface area (Å²) in [7, 11) is 3.22. The molecule has 2 rings (SSSR count). The topological polar surface area (TPSA) is 62.1 Å². The standard InChI is InChI=1S/C10H12N4O2S/c1-15-7-4-5-9(16-2)8(6-7)14-10(17-3)11-12-13-14/h4-6H,1-3H3. The Kier molecular flexibility index (Phi) is 3.48. The summed E-state index contributed by atoms with van der Waals surface area (Å²) in [5.74, 6) is 1.41. The van der Waals surface area contributed by atoms with Gasteiger partial charge in [-0.15, -0.1) is 5.10 Å². The molecule has 7 heteroatoms. The highest BCUT2D eigenvalue weighted by atomic mass is 32.2. The Morgan fingerprint density at radius 2 is 2.06 bits per heavy atom. The molecule has 1 heterocycles. The second-order valence-corrected chi connectivity index (χ2v) is 3.89. The molecule has 0 aliphatic carbocycles. The molecule has 0 spiro atoms. The first-order valence-corrected chi connectivity index (χ1v) is 6.07. The van der Waals surface area contributed by atoms with Crippen molar-refractivity contribution in [2.45, 2.75) is 5.16 Å². The van der Waals surface area contributed by atoms with Gasteiger partial charge in [0.2, 0.25) is 5.16 Å². The van der Waals surface area contributed by atoms with Crippen molar-refractivity contribution in [2.24, 2.45) is 0 Å². The van der Waals surface area contributed by atoms with Crippen LogP contribution in [0.5, 0.6) is 11.5 Å². The Hall–Kier alpha value is -1.76. The molecule has 6 nitrogen and oxygen atoms in total. The van der Waals surface area contributed by atoms with E-state index in [0.717, 1.165) is 11.4 Å². The van der Waals surface area contributed by atoms with Gasteiger partial charge in [-0.05, 0) is 28.8 Å². The monoisotopic (exact) mass is 252 g/mol. The molecule has 2 aromatic rings. The molecule has 0 aliphatic rings. The van der Waals surface area contributed by atoms with E-state index in [1.165, 1.54) is 11.8 Å². The van der Waals surface area contributed by atoms with Gasteiger partial charge >= 0.3 is 0 Å². The summed E-state index contributed by atoms with van der Waals surface area (Å²) in [6, 6.07) is 5.47. The minimum Gasteiger partial charge on any atom is -0.497 e. The van der Waals surface area contributed by atoms with Gasteiger partial charge in [-0.2, -0.15) is 4.68 Å². The number of ether oxygens (including phenoxy) is 2. The largest absolute Gasteiger partial charge is 0.497 e. The van der Waals surface area contributed by atoms with Crippen LogP contribution in [0.4, 0.5) is 0 Å². The lowest BCUT2D eigenvalue weighted by molar-refractivity contribution is 0.399. The first kappa shape index (κ1) is 11.7. The fraction of sp³-hybridized carbons (Fsp3) is 0.300. The molecule has 17 heavy (non-hydrogen) atoms. The number of benzene rings is 1. The molecule has 0 amide bonds. The molecule has 0 fully saturated rings. The van der Waals surface area contributed by atoms with E-state index in [1.807, 2.05) is 24.5 Å². The number of aromatic nitrogens is 4. The molecular weight excluding hydrogens is 240 g/mol. The third-order valence-electron chi connectivity index (χ3n) is 2.24. The number of rotatable bonds is 4. The molecule has 0 aliphatic heterocycles. The summed E-state index contributed by atoms with van der Waals surface area (Å²) < 4.78 is 12.1. The Morgan fingerprint density at radius 1 is 1.24 bits per heavy atom. The molecular formula is C10H12N4O2S. The van der Waals surface area contributed by atoms with E-state index in [0.29, 0.717) is 10.9 Å². The molecule has 1 aromatic carbocycles. The molecule has 1 aromatic heterocycles. The number of nitrogens with zero attached hydrogens (tertiary/aromatic N) is 4. The van der Waals surface area contributed by atoms with Crippen molar-refractivity contribution in [3.8, 4) is 17.2 Å². The zero-order chi connectivity index (χ0) is 12.3. The predicted molar refractivity (Wildman–Crippen MR) is 64.0 cm³/mol. The number of thioether (sulfide) groups is 1. The summed E-state index contributed by atoms with van der Waals surface area (Å²) >= 11 is 1.46. The Labute approximate surface area is 103 Å². The summed E-state index contributed by atoms with van der Waals surface area (Å²) in [6.45, 7) is 0. The van der Waals surface area contributed by atoms with Gasteiger partial charge in [-0.1, -0.05) is 11.8 Å². The highest BCUT2D eigenvalue weighted by Crippen LogP contribution is 2.28. The summed E-state index contributed by atoms with van der Waals surface area (Å²) in [5.41, 5.74) is 0.751. The van der Waals surface area contributed by atoms with Gasteiger partial charge in [-0.3, -0.25) is 0 Å². The number of methoxy groups -OCH3 is 2. The van der Waals surface area contributed by atoms with E-state index in [-0.39, 0.29) is 0 Å². The van der Waals surface area contributed by atoms with Gasteiger partial charge in [0.05, 0.1) is 14.2 Å². The van der Waals surface area contributed by atoms with Crippen molar-refractivity contribution in [3.63, 3.8) is 0 Å². The van der Waals surface area contributed by atoms with Crippen molar-refractivity contribution >= 4 is 11.8 Å². The first-order valence-electron chi connectivity index (χ1n) is 4.85. The fourth-order valence-corrected chi connectivity index (χ4v) is 1.85. The second kappa shape index (κ2) is 5.05. The SMILES string of the molecule is COc1ccc(OC)c(-n2nnnc2SC)c1. The Morgan fingerprint density at radius 3 is 2.71 bits per heavy atom. The third-order valence-corrected chi connectivity index (χ3v) is 2.86. The van der Waals surface area contributed by atoms with Crippen LogP contribution in [0.25, 0.3) is 5.69 Å². The molecule has 0 bridgehead atoms. The maximum absolute atomic E-state index is 5.29. The Balaban J connectivity index is 2.56. The third kappa shape index (κ3) is 2.19. The summed E-state index contributed by atoms with van der Waals surface area (Å²) in [4.78, 5) is 0. The molecule has 0 unspecified atom stereocenters. The van der Waals surface area contributed by atoms with Crippen molar-refractivity contribution in [3.05, 3.63) is 18.2 Å². The molecule has 0 atom stereocenters. The minimum absolute atomic E-state index is 0.688. The predicted octanol–water partition coefficient (Wildman–Crippen LogP) is 1.40. The van der Waals surface area contributed by atoms with Crippen LogP contribution in [0.15, 0.2) is 23.4 Å². The van der Waals surface area contributed by atoms with E-state index in [1.54, 1.807) is 18.9 Å². The lowest BCUT2D eigenvalue weighted by atomic mass is 10.3. The summed E-state index contributed by atoms with van der Waals surface area (Å²) in [6.07, 6.45) is 1.91. The minimum atomic E-state index is 0.688. The van der Waals surface area contributed by atoms with Gasteiger partial charge < -0.3 is 9.47 Å². The van der Waals surface area contributed by atoms with Gasteiger partial charge in [0.15, 0.2) is 0 Å². The van der Waals surface area contributed by atoms with Crippen LogP contribution in [0, 0.1) is 0 Å². The average molecular weight is 252 g/mol. The number of hydrogen-bond donors (Lipinski definition) is 0. The van der Waals surface area contributed by atoms with Crippen LogP contribution in [0.1, 0.15) is 0 Å². The Bertz CT molecular complexity index is 515. The van der Waals surface area contributed by atoms with Crippen molar-refractivity contribution in [1.82, 2.24) is 20.2 Å². The average Bonchev–Trinajstić information content (AvgIpc) is 2.86. The maximum atomic E-state index is 5.29. The first-order chi connectivity index (χ1) is 8.30. The van der Waals surface area contributed by atoms with E-state index in [4.69, 9.17) is 9.47 Å². The maximum Gasteiger partial charge on any atom is 0.213 e. The van der Waals surface area contributed by atoms with Crippen LogP contribution in [0.2, 0.25) is 0 Å². The van der Waals surface area contributed by atoms with Crippen LogP contribution < -0.4 is 9.47 Å². The molecule has 0 radical (unpaired) electrons. The molecule has 0 saturated carbocycles. The van der Waals surface area contributed by atoms with E-state index >= 15 is 0 Å². The normalized spacial score (nSPS) is 10.3. The fourth-order valence-electron chi connectivity index (χ4n) is 1.42. The molecule has 0 saturated heterocycles. The van der Waals surface area contributed by atoms with Crippen LogP contribution in [0.3, 0.4) is 0 Å². The van der Waals surface area contributed by atoms with Crippen LogP contribution in [-0.2, 0) is 0 Å². The summed E-state index contributed by atoms with van der Waals surface area (Å²) in [5, 5.41) is 12.2. The zero-order valence-electron chi connectivity index (χ0n) is 9.75. The smallest absolute Gasteiger partial charge is 0.213 e. The second-order valence-electron chi connectivity index (χ2n) is 3.12. The van der Waals surface area contributed by atoms with Gasteiger partial charge in [0, 0.05) is 6.07 Å². The van der Waals surface area contributed by atoms with Crippen LogP contribution >= 0.6 is 11.8 Å². The highest BCUT2D eigenvalue weighted by Gasteiger charge is 2.13. The van der Waals surface area contributed by atoms with Crippen molar-refractivity contribution in [1.29, 1.82) is 0 Å². The van der Waals surface area contributed by atoms with Gasteiger partial charge in [0.1, 0.15) is 17.2 Å². The quantitative estimate of drug-likeness (QED) is 0.766.